The molecule has 0 aliphatic rings. The minimum absolute atomic E-state index is 0.406. The molecule has 2 rings (SSSR count). The molecule has 3 nitrogen and oxygen atoms in total. The van der Waals surface area contributed by atoms with E-state index in [-0.39, 0.29) is 0 Å². The van der Waals surface area contributed by atoms with Gasteiger partial charge in [0.05, 0.1) is 12.8 Å². The molecular weight excluding hydrogens is 280 g/mol. The van der Waals surface area contributed by atoms with Crippen molar-refractivity contribution < 1.29 is 4.74 Å². The first-order valence-electron chi connectivity index (χ1n) is 7.43. The molecule has 0 aliphatic heterocycles. The molecular formula is C17H24N2OS. The van der Waals surface area contributed by atoms with E-state index in [0.29, 0.717) is 6.04 Å². The SMILES string of the molecule is CCCC(NCc1ncc(C)c(OC)c1C)c1cccs1. The maximum atomic E-state index is 5.48. The van der Waals surface area contributed by atoms with E-state index >= 15 is 0 Å². The molecule has 0 aliphatic carbocycles. The third-order valence-electron chi connectivity index (χ3n) is 3.73. The number of hydrogen-bond acceptors (Lipinski definition) is 4. The number of thiophene rings is 1. The standard InChI is InChI=1S/C17H24N2OS/c1-5-7-14(16-8-6-9-21-16)19-11-15-13(3)17(20-4)12(2)10-18-15/h6,8-10,14,19H,5,7,11H2,1-4H3. The lowest BCUT2D eigenvalue weighted by molar-refractivity contribution is 0.405. The largest absolute Gasteiger partial charge is 0.496 e. The molecule has 2 heterocycles. The Kier molecular flexibility index (Phi) is 5.76. The van der Waals surface area contributed by atoms with Gasteiger partial charge >= 0.3 is 0 Å². The molecule has 0 aromatic carbocycles. The number of rotatable bonds is 7. The lowest BCUT2D eigenvalue weighted by atomic mass is 10.1. The van der Waals surface area contributed by atoms with E-state index in [9.17, 15) is 0 Å². The summed E-state index contributed by atoms with van der Waals surface area (Å²) < 4.78 is 5.48. The fourth-order valence-electron chi connectivity index (χ4n) is 2.59. The molecule has 4 heteroatoms. The highest BCUT2D eigenvalue weighted by Gasteiger charge is 2.14. The predicted molar refractivity (Wildman–Crippen MR) is 89.1 cm³/mol. The van der Waals surface area contributed by atoms with Gasteiger partial charge in [0.25, 0.3) is 0 Å². The fraction of sp³-hybridized carbons (Fsp3) is 0.471. The van der Waals surface area contributed by atoms with Crippen LogP contribution in [0.1, 0.15) is 47.5 Å². The van der Waals surface area contributed by atoms with E-state index in [1.165, 1.54) is 11.3 Å². The van der Waals surface area contributed by atoms with Gasteiger partial charge < -0.3 is 10.1 Å². The van der Waals surface area contributed by atoms with Crippen molar-refractivity contribution in [2.24, 2.45) is 0 Å². The number of nitrogens with one attached hydrogen (secondary N) is 1. The Morgan fingerprint density at radius 3 is 2.81 bits per heavy atom. The van der Waals surface area contributed by atoms with E-state index < -0.39 is 0 Å². The number of aromatic nitrogens is 1. The van der Waals surface area contributed by atoms with Crippen LogP contribution in [0.25, 0.3) is 0 Å². The van der Waals surface area contributed by atoms with Gasteiger partial charge in [-0.2, -0.15) is 0 Å². The second-order valence-electron chi connectivity index (χ2n) is 5.28. The smallest absolute Gasteiger partial charge is 0.128 e. The van der Waals surface area contributed by atoms with Crippen molar-refractivity contribution in [3.63, 3.8) is 0 Å². The molecule has 2 aromatic rings. The number of nitrogens with zero attached hydrogens (tertiary/aromatic N) is 1. The molecule has 0 saturated carbocycles. The Bertz CT molecular complexity index is 566. The summed E-state index contributed by atoms with van der Waals surface area (Å²) in [6.07, 6.45) is 4.20. The van der Waals surface area contributed by atoms with Gasteiger partial charge in [0.2, 0.25) is 0 Å². The molecule has 0 fully saturated rings. The Labute approximate surface area is 131 Å². The first kappa shape index (κ1) is 16.0. The van der Waals surface area contributed by atoms with Gasteiger partial charge in [-0.1, -0.05) is 19.4 Å². The van der Waals surface area contributed by atoms with Crippen LogP contribution in [0.3, 0.4) is 0 Å². The normalized spacial score (nSPS) is 12.4. The van der Waals surface area contributed by atoms with Gasteiger partial charge in [0.15, 0.2) is 0 Å². The average Bonchev–Trinajstić information content (AvgIpc) is 2.99. The summed E-state index contributed by atoms with van der Waals surface area (Å²) in [4.78, 5) is 5.96. The van der Waals surface area contributed by atoms with Crippen LogP contribution in [0.2, 0.25) is 0 Å². The van der Waals surface area contributed by atoms with Crippen LogP contribution in [0.4, 0.5) is 0 Å². The Balaban J connectivity index is 2.11. The van der Waals surface area contributed by atoms with E-state index in [2.05, 4.69) is 41.7 Å². The Morgan fingerprint density at radius 1 is 1.38 bits per heavy atom. The monoisotopic (exact) mass is 304 g/mol. The zero-order valence-electron chi connectivity index (χ0n) is 13.3. The lowest BCUT2D eigenvalue weighted by Crippen LogP contribution is -2.21. The molecule has 0 spiro atoms. The highest BCUT2D eigenvalue weighted by Crippen LogP contribution is 2.26. The summed E-state index contributed by atoms with van der Waals surface area (Å²) in [5.74, 6) is 0.949. The van der Waals surface area contributed by atoms with Crippen LogP contribution in [-0.2, 0) is 6.54 Å². The molecule has 0 bridgehead atoms. The molecule has 1 N–H and O–H groups in total. The van der Waals surface area contributed by atoms with E-state index in [4.69, 9.17) is 4.74 Å². The third kappa shape index (κ3) is 3.83. The van der Waals surface area contributed by atoms with Gasteiger partial charge in [0.1, 0.15) is 5.75 Å². The molecule has 0 radical (unpaired) electrons. The minimum atomic E-state index is 0.406. The summed E-state index contributed by atoms with van der Waals surface area (Å²) in [6.45, 7) is 7.10. The highest BCUT2D eigenvalue weighted by molar-refractivity contribution is 7.10. The maximum Gasteiger partial charge on any atom is 0.128 e. The zero-order valence-corrected chi connectivity index (χ0v) is 14.1. The number of ether oxygens (including phenoxy) is 1. The zero-order chi connectivity index (χ0) is 15.2. The number of hydrogen-bond donors (Lipinski definition) is 1. The molecule has 1 atom stereocenters. The molecule has 0 saturated heterocycles. The van der Waals surface area contributed by atoms with Gasteiger partial charge in [-0.15, -0.1) is 11.3 Å². The van der Waals surface area contributed by atoms with Gasteiger partial charge in [0, 0.05) is 34.8 Å². The lowest BCUT2D eigenvalue weighted by Gasteiger charge is -2.18. The minimum Gasteiger partial charge on any atom is -0.496 e. The topological polar surface area (TPSA) is 34.2 Å². The van der Waals surface area contributed by atoms with Crippen molar-refractivity contribution >= 4 is 11.3 Å². The molecule has 0 amide bonds. The van der Waals surface area contributed by atoms with Crippen molar-refractivity contribution in [2.75, 3.05) is 7.11 Å². The van der Waals surface area contributed by atoms with Crippen LogP contribution in [0, 0.1) is 13.8 Å². The average molecular weight is 304 g/mol. The molecule has 1 unspecified atom stereocenters. The Morgan fingerprint density at radius 2 is 2.19 bits per heavy atom. The second kappa shape index (κ2) is 7.57. The first-order chi connectivity index (χ1) is 10.2. The van der Waals surface area contributed by atoms with Gasteiger partial charge in [-0.3, -0.25) is 4.98 Å². The van der Waals surface area contributed by atoms with E-state index in [0.717, 1.165) is 35.5 Å². The van der Waals surface area contributed by atoms with Gasteiger partial charge in [-0.05, 0) is 31.7 Å². The van der Waals surface area contributed by atoms with E-state index in [1.54, 1.807) is 7.11 Å². The summed E-state index contributed by atoms with van der Waals surface area (Å²) in [7, 11) is 1.72. The highest BCUT2D eigenvalue weighted by atomic mass is 32.1. The second-order valence-corrected chi connectivity index (χ2v) is 6.26. The predicted octanol–water partition coefficient (Wildman–Crippen LogP) is 4.40. The van der Waals surface area contributed by atoms with Crippen LogP contribution in [0.15, 0.2) is 23.7 Å². The Hall–Kier alpha value is -1.39. The summed E-state index contributed by atoms with van der Waals surface area (Å²) in [5.41, 5.74) is 3.28. The van der Waals surface area contributed by atoms with Crippen molar-refractivity contribution in [3.05, 3.63) is 45.4 Å². The van der Waals surface area contributed by atoms with E-state index in [1.807, 2.05) is 24.5 Å². The molecule has 114 valence electrons. The van der Waals surface area contributed by atoms with Crippen molar-refractivity contribution in [2.45, 2.75) is 46.2 Å². The maximum absolute atomic E-state index is 5.48. The summed E-state index contributed by atoms with van der Waals surface area (Å²) in [6, 6.07) is 4.72. The van der Waals surface area contributed by atoms with Crippen LogP contribution >= 0.6 is 11.3 Å². The number of aryl methyl sites for hydroxylation is 1. The quantitative estimate of drug-likeness (QED) is 0.823. The van der Waals surface area contributed by atoms with Gasteiger partial charge in [-0.25, -0.2) is 0 Å². The van der Waals surface area contributed by atoms with Crippen molar-refractivity contribution in [1.82, 2.24) is 10.3 Å². The third-order valence-corrected chi connectivity index (χ3v) is 4.72. The molecule has 21 heavy (non-hydrogen) atoms. The van der Waals surface area contributed by atoms with Crippen LogP contribution < -0.4 is 10.1 Å². The summed E-state index contributed by atoms with van der Waals surface area (Å²) >= 11 is 1.81. The molecule has 2 aromatic heterocycles. The number of pyridine rings is 1. The van der Waals surface area contributed by atoms with Crippen LogP contribution in [-0.4, -0.2) is 12.1 Å². The van der Waals surface area contributed by atoms with Crippen molar-refractivity contribution in [1.29, 1.82) is 0 Å². The summed E-state index contributed by atoms with van der Waals surface area (Å²) in [5, 5.41) is 5.78. The van der Waals surface area contributed by atoms with Crippen molar-refractivity contribution in [3.8, 4) is 5.75 Å². The van der Waals surface area contributed by atoms with Crippen LogP contribution in [0.5, 0.6) is 5.75 Å². The number of methoxy groups -OCH3 is 1. The first-order valence-corrected chi connectivity index (χ1v) is 8.31. The fourth-order valence-corrected chi connectivity index (χ4v) is 3.43.